The van der Waals surface area contributed by atoms with E-state index < -0.39 is 0 Å². The quantitative estimate of drug-likeness (QED) is 0.659. The molecule has 2 rings (SSSR count). The van der Waals surface area contributed by atoms with Gasteiger partial charge in [0.1, 0.15) is 0 Å². The third-order valence-corrected chi connectivity index (χ3v) is 3.64. The van der Waals surface area contributed by atoms with E-state index in [0.29, 0.717) is 10.0 Å². The largest absolute Gasteiger partial charge is 0.288 e. The van der Waals surface area contributed by atoms with Crippen molar-refractivity contribution in [1.29, 1.82) is 0 Å². The zero-order chi connectivity index (χ0) is 13.8. The third kappa shape index (κ3) is 2.83. The zero-order valence-electron chi connectivity index (χ0n) is 11.0. The molecular formula is C16H15Cl2N. The summed E-state index contributed by atoms with van der Waals surface area (Å²) in [6.45, 7) is 2.08. The molecule has 0 radical (unpaired) electrons. The lowest BCUT2D eigenvalue weighted by Crippen LogP contribution is -2.00. The predicted molar refractivity (Wildman–Crippen MR) is 85.9 cm³/mol. The Morgan fingerprint density at radius 3 is 2.68 bits per heavy atom. The third-order valence-electron chi connectivity index (χ3n) is 2.95. The van der Waals surface area contributed by atoms with Crippen LogP contribution in [0.25, 0.3) is 10.8 Å². The van der Waals surface area contributed by atoms with E-state index in [1.165, 1.54) is 0 Å². The molecule has 0 saturated carbocycles. The summed E-state index contributed by atoms with van der Waals surface area (Å²) in [6.07, 6.45) is 4.95. The highest BCUT2D eigenvalue weighted by Crippen LogP contribution is 2.33. The molecule has 0 spiro atoms. The Hall–Kier alpha value is -1.31. The first kappa shape index (κ1) is 14.1. The van der Waals surface area contributed by atoms with Gasteiger partial charge in [-0.05, 0) is 23.9 Å². The Morgan fingerprint density at radius 1 is 1.26 bits per heavy atom. The lowest BCUT2D eigenvalue weighted by molar-refractivity contribution is 1.23. The molecule has 0 aromatic heterocycles. The van der Waals surface area contributed by atoms with Crippen LogP contribution in [0.3, 0.4) is 0 Å². The molecule has 0 aliphatic carbocycles. The van der Waals surface area contributed by atoms with Gasteiger partial charge in [-0.2, -0.15) is 0 Å². The number of aliphatic imine (C=N–C) groups is 1. The van der Waals surface area contributed by atoms with Gasteiger partial charge in [0, 0.05) is 18.0 Å². The average Bonchev–Trinajstić information content (AvgIpc) is 2.42. The van der Waals surface area contributed by atoms with Crippen LogP contribution in [0.4, 0.5) is 0 Å². The maximum atomic E-state index is 6.50. The van der Waals surface area contributed by atoms with Crippen LogP contribution in [-0.4, -0.2) is 12.8 Å². The van der Waals surface area contributed by atoms with E-state index in [0.717, 1.165) is 28.5 Å². The summed E-state index contributed by atoms with van der Waals surface area (Å²) in [4.78, 5) is 4.29. The van der Waals surface area contributed by atoms with Gasteiger partial charge < -0.3 is 0 Å². The lowest BCUT2D eigenvalue weighted by atomic mass is 10.0. The number of hydrogen-bond donors (Lipinski definition) is 0. The molecule has 3 heteroatoms. The summed E-state index contributed by atoms with van der Waals surface area (Å²) in [5.74, 6) is 0. The molecule has 98 valence electrons. The fourth-order valence-electron chi connectivity index (χ4n) is 2.00. The van der Waals surface area contributed by atoms with Gasteiger partial charge in [-0.25, -0.2) is 0 Å². The highest BCUT2D eigenvalue weighted by atomic mass is 35.5. The molecule has 0 aliphatic heterocycles. The minimum Gasteiger partial charge on any atom is -0.288 e. The number of rotatable bonds is 3. The van der Waals surface area contributed by atoms with Crippen LogP contribution in [0.15, 0.2) is 47.5 Å². The highest BCUT2D eigenvalue weighted by molar-refractivity contribution is 6.44. The Morgan fingerprint density at radius 2 is 2.00 bits per heavy atom. The molecule has 0 fully saturated rings. The van der Waals surface area contributed by atoms with Crippen LogP contribution in [0, 0.1) is 0 Å². The average molecular weight is 292 g/mol. The molecule has 2 aromatic carbocycles. The van der Waals surface area contributed by atoms with Crippen molar-refractivity contribution in [1.82, 2.24) is 0 Å². The molecule has 0 amide bonds. The monoisotopic (exact) mass is 291 g/mol. The topological polar surface area (TPSA) is 12.4 Å². The van der Waals surface area contributed by atoms with Crippen molar-refractivity contribution in [3.63, 3.8) is 0 Å². The Labute approximate surface area is 123 Å². The first-order valence-corrected chi connectivity index (χ1v) is 6.95. The van der Waals surface area contributed by atoms with Crippen molar-refractivity contribution >= 4 is 39.7 Å². The Kier molecular flexibility index (Phi) is 4.62. The first-order chi connectivity index (χ1) is 9.19. The van der Waals surface area contributed by atoms with Crippen molar-refractivity contribution < 1.29 is 0 Å². The predicted octanol–water partition coefficient (Wildman–Crippen LogP) is 5.53. The molecule has 0 saturated heterocycles. The molecule has 0 heterocycles. The van der Waals surface area contributed by atoms with Gasteiger partial charge in [-0.3, -0.25) is 4.99 Å². The van der Waals surface area contributed by atoms with E-state index in [9.17, 15) is 0 Å². The fourth-order valence-corrected chi connectivity index (χ4v) is 2.73. The minimum atomic E-state index is 0.630. The fraction of sp³-hybridized carbons (Fsp3) is 0.188. The molecular weight excluding hydrogens is 277 g/mol. The Balaban J connectivity index is 2.69. The van der Waals surface area contributed by atoms with Crippen molar-refractivity contribution in [3.05, 3.63) is 58.1 Å². The number of fused-ring (bicyclic) bond motifs is 1. The molecule has 0 unspecified atom stereocenters. The van der Waals surface area contributed by atoms with E-state index >= 15 is 0 Å². The van der Waals surface area contributed by atoms with Gasteiger partial charge >= 0.3 is 0 Å². The van der Waals surface area contributed by atoms with Crippen molar-refractivity contribution in [3.8, 4) is 0 Å². The highest BCUT2D eigenvalue weighted by Gasteiger charge is 2.13. The summed E-state index contributed by atoms with van der Waals surface area (Å²) in [7, 11) is 1.75. The van der Waals surface area contributed by atoms with Crippen LogP contribution in [0.1, 0.15) is 18.9 Å². The van der Waals surface area contributed by atoms with Crippen molar-refractivity contribution in [2.45, 2.75) is 13.3 Å². The number of benzene rings is 2. The summed E-state index contributed by atoms with van der Waals surface area (Å²) in [6, 6.07) is 9.87. The second kappa shape index (κ2) is 6.23. The van der Waals surface area contributed by atoms with E-state index in [1.54, 1.807) is 7.05 Å². The molecule has 19 heavy (non-hydrogen) atoms. The molecule has 0 aliphatic rings. The van der Waals surface area contributed by atoms with E-state index in [-0.39, 0.29) is 0 Å². The van der Waals surface area contributed by atoms with Crippen molar-refractivity contribution in [2.75, 3.05) is 7.05 Å². The standard InChI is InChI=1S/C16H15Cl2N/c1-3-4-9-14(19-2)15-13(17)10-11-7-5-6-8-12(11)16(15)18/h4-10H,3H2,1-2H3/b9-4-,19-14?. The normalized spacial score (nSPS) is 12.5. The first-order valence-electron chi connectivity index (χ1n) is 6.19. The summed E-state index contributed by atoms with van der Waals surface area (Å²) >= 11 is 12.9. The second-order valence-corrected chi connectivity index (χ2v) is 4.97. The van der Waals surface area contributed by atoms with Gasteiger partial charge in [0.15, 0.2) is 0 Å². The smallest absolute Gasteiger partial charge is 0.0670 e. The van der Waals surface area contributed by atoms with Crippen LogP contribution >= 0.6 is 23.2 Å². The van der Waals surface area contributed by atoms with Gasteiger partial charge in [-0.1, -0.05) is 60.5 Å². The molecule has 0 atom stereocenters. The van der Waals surface area contributed by atoms with Gasteiger partial charge in [0.2, 0.25) is 0 Å². The summed E-state index contributed by atoms with van der Waals surface area (Å²) in [5.41, 5.74) is 1.61. The number of nitrogens with zero attached hydrogens (tertiary/aromatic N) is 1. The summed E-state index contributed by atoms with van der Waals surface area (Å²) < 4.78 is 0. The van der Waals surface area contributed by atoms with Gasteiger partial charge in [0.25, 0.3) is 0 Å². The number of halogens is 2. The maximum absolute atomic E-state index is 6.50. The minimum absolute atomic E-state index is 0.630. The van der Waals surface area contributed by atoms with E-state index in [4.69, 9.17) is 23.2 Å². The Bertz CT molecular complexity index is 657. The lowest BCUT2D eigenvalue weighted by Gasteiger charge is -2.10. The molecule has 0 N–H and O–H groups in total. The number of hydrogen-bond acceptors (Lipinski definition) is 1. The second-order valence-electron chi connectivity index (χ2n) is 4.19. The molecule has 1 nitrogen and oxygen atoms in total. The number of allylic oxidation sites excluding steroid dienone is 2. The van der Waals surface area contributed by atoms with Crippen LogP contribution in [0.2, 0.25) is 10.0 Å². The van der Waals surface area contributed by atoms with E-state index in [2.05, 4.69) is 11.9 Å². The SMILES string of the molecule is CC/C=C\C(=NC)c1c(Cl)cc2ccccc2c1Cl. The zero-order valence-corrected chi connectivity index (χ0v) is 12.5. The van der Waals surface area contributed by atoms with Crippen LogP contribution in [0.5, 0.6) is 0 Å². The van der Waals surface area contributed by atoms with Gasteiger partial charge in [0.05, 0.1) is 15.8 Å². The van der Waals surface area contributed by atoms with Crippen LogP contribution in [-0.2, 0) is 0 Å². The molecule has 2 aromatic rings. The van der Waals surface area contributed by atoms with Crippen LogP contribution < -0.4 is 0 Å². The van der Waals surface area contributed by atoms with Crippen molar-refractivity contribution in [2.24, 2.45) is 4.99 Å². The van der Waals surface area contributed by atoms with Gasteiger partial charge in [-0.15, -0.1) is 0 Å². The summed E-state index contributed by atoms with van der Waals surface area (Å²) in [5, 5.41) is 3.32. The van der Waals surface area contributed by atoms with E-state index in [1.807, 2.05) is 42.5 Å². The molecule has 0 bridgehead atoms. The maximum Gasteiger partial charge on any atom is 0.0670 e.